The van der Waals surface area contributed by atoms with Crippen molar-refractivity contribution in [2.24, 2.45) is 0 Å². The Labute approximate surface area is 208 Å². The molecule has 2 aromatic carbocycles. The van der Waals surface area contributed by atoms with Crippen molar-refractivity contribution in [1.29, 1.82) is 4.78 Å². The fourth-order valence-corrected chi connectivity index (χ4v) is 3.71. The van der Waals surface area contributed by atoms with Crippen molar-refractivity contribution < 1.29 is 53.6 Å². The average molecular weight is 570 g/mol. The van der Waals surface area contributed by atoms with Gasteiger partial charge in [-0.3, -0.25) is 4.79 Å². The summed E-state index contributed by atoms with van der Waals surface area (Å²) in [6, 6.07) is 5.80. The highest BCUT2D eigenvalue weighted by Gasteiger charge is 2.39. The molecule has 17 heteroatoms. The number of anilines is 1. The van der Waals surface area contributed by atoms with Gasteiger partial charge in [0, 0.05) is 16.8 Å². The molecule has 0 aliphatic heterocycles. The van der Waals surface area contributed by atoms with Crippen LogP contribution < -0.4 is 14.8 Å². The molecule has 2 N–H and O–H groups in total. The minimum absolute atomic E-state index is 0.0222. The average Bonchev–Trinajstić information content (AvgIpc) is 2.77. The molecule has 0 aliphatic carbocycles. The minimum atomic E-state index is -5.36. The SMILES string of the molecule is Cc1c(C(F)(F)F)nnc(Oc2ccc(OC(F)(F)F)c(F)c2F)c1C(=O)Nc1cccc(S(C)(=N)=O)c1. The van der Waals surface area contributed by atoms with Crippen LogP contribution in [-0.2, 0) is 15.9 Å². The Balaban J connectivity index is 2.08. The Bertz CT molecular complexity index is 1510. The Morgan fingerprint density at radius 1 is 1.00 bits per heavy atom. The number of aromatic nitrogens is 2. The predicted molar refractivity (Wildman–Crippen MR) is 114 cm³/mol. The van der Waals surface area contributed by atoms with Gasteiger partial charge in [0.2, 0.25) is 11.6 Å². The lowest BCUT2D eigenvalue weighted by Gasteiger charge is -2.17. The van der Waals surface area contributed by atoms with Crippen LogP contribution in [-0.4, -0.2) is 32.9 Å². The number of nitrogens with zero attached hydrogens (tertiary/aromatic N) is 2. The maximum Gasteiger partial charge on any atom is 0.573 e. The van der Waals surface area contributed by atoms with Crippen LogP contribution in [0.5, 0.6) is 17.4 Å². The molecule has 0 radical (unpaired) electrons. The largest absolute Gasteiger partial charge is 0.573 e. The highest BCUT2D eigenvalue weighted by atomic mass is 32.2. The van der Waals surface area contributed by atoms with Crippen LogP contribution in [0.1, 0.15) is 21.6 Å². The molecule has 1 unspecified atom stereocenters. The molecular weight excluding hydrogens is 556 g/mol. The Kier molecular flexibility index (Phi) is 7.54. The molecule has 3 rings (SSSR count). The molecule has 204 valence electrons. The highest BCUT2D eigenvalue weighted by Crippen LogP contribution is 2.37. The molecule has 1 amide bonds. The summed E-state index contributed by atoms with van der Waals surface area (Å²) in [6.45, 7) is 0.815. The third kappa shape index (κ3) is 6.45. The zero-order valence-corrected chi connectivity index (χ0v) is 19.7. The molecule has 3 aromatic rings. The van der Waals surface area contributed by atoms with E-state index in [1.54, 1.807) is 0 Å². The van der Waals surface area contributed by atoms with E-state index in [0.717, 1.165) is 19.2 Å². The van der Waals surface area contributed by atoms with Crippen LogP contribution in [0, 0.1) is 23.3 Å². The first kappa shape index (κ1) is 28.5. The smallest absolute Gasteiger partial charge is 0.434 e. The highest BCUT2D eigenvalue weighted by molar-refractivity contribution is 7.91. The van der Waals surface area contributed by atoms with E-state index in [0.29, 0.717) is 12.1 Å². The van der Waals surface area contributed by atoms with E-state index in [1.165, 1.54) is 18.2 Å². The second kappa shape index (κ2) is 10.0. The van der Waals surface area contributed by atoms with Crippen LogP contribution in [0.2, 0.25) is 0 Å². The van der Waals surface area contributed by atoms with Gasteiger partial charge in [-0.15, -0.1) is 23.4 Å². The second-order valence-corrected chi connectivity index (χ2v) is 9.68. The Morgan fingerprint density at radius 3 is 2.18 bits per heavy atom. The van der Waals surface area contributed by atoms with E-state index in [1.807, 2.05) is 0 Å². The van der Waals surface area contributed by atoms with E-state index < -0.39 is 74.0 Å². The van der Waals surface area contributed by atoms with Crippen molar-refractivity contribution in [3.05, 3.63) is 64.9 Å². The number of carbonyl (C=O) groups excluding carboxylic acids is 1. The summed E-state index contributed by atoms with van der Waals surface area (Å²) < 4.78 is 134. The lowest BCUT2D eigenvalue weighted by molar-refractivity contribution is -0.275. The molecular formula is C21H14F8N4O4S. The molecule has 1 heterocycles. The van der Waals surface area contributed by atoms with Gasteiger partial charge in [0.1, 0.15) is 5.56 Å². The van der Waals surface area contributed by atoms with Gasteiger partial charge >= 0.3 is 12.5 Å². The van der Waals surface area contributed by atoms with Crippen LogP contribution in [0.3, 0.4) is 0 Å². The summed E-state index contributed by atoms with van der Waals surface area (Å²) >= 11 is 0. The summed E-state index contributed by atoms with van der Waals surface area (Å²) in [4.78, 5) is 13.0. The molecule has 0 fully saturated rings. The van der Waals surface area contributed by atoms with Crippen LogP contribution >= 0.6 is 0 Å². The normalized spacial score (nSPS) is 13.5. The van der Waals surface area contributed by atoms with Gasteiger partial charge in [0.25, 0.3) is 11.8 Å². The molecule has 1 aromatic heterocycles. The third-order valence-electron chi connectivity index (χ3n) is 4.67. The number of hydrogen-bond donors (Lipinski definition) is 2. The summed E-state index contributed by atoms with van der Waals surface area (Å²) in [6.07, 6.45) is -9.37. The van der Waals surface area contributed by atoms with Crippen molar-refractivity contribution in [3.63, 3.8) is 0 Å². The molecule has 38 heavy (non-hydrogen) atoms. The molecule has 0 spiro atoms. The van der Waals surface area contributed by atoms with Crippen LogP contribution in [0.4, 0.5) is 40.8 Å². The van der Waals surface area contributed by atoms with E-state index >= 15 is 0 Å². The van der Waals surface area contributed by atoms with E-state index in [9.17, 15) is 44.1 Å². The van der Waals surface area contributed by atoms with Crippen molar-refractivity contribution in [3.8, 4) is 17.4 Å². The molecule has 0 saturated heterocycles. The van der Waals surface area contributed by atoms with Gasteiger partial charge in [-0.1, -0.05) is 6.07 Å². The van der Waals surface area contributed by atoms with Crippen molar-refractivity contribution in [1.82, 2.24) is 10.2 Å². The van der Waals surface area contributed by atoms with Gasteiger partial charge in [0.15, 0.2) is 17.2 Å². The summed E-state index contributed by atoms with van der Waals surface area (Å²) in [5, 5.41) is 8.27. The standard InChI is InChI=1S/C21H14F8N4O4S/c1-9-14(18(34)31-10-4-3-5-11(8-10)38(2,30)35)19(33-32-17(9)20(24,25)26)36-12-6-7-13(16(23)15(12)22)37-21(27,28)29/h3-8,30H,1-2H3,(H,31,34). The molecule has 0 aliphatic rings. The number of rotatable bonds is 6. The summed E-state index contributed by atoms with van der Waals surface area (Å²) in [7, 11) is -3.24. The van der Waals surface area contributed by atoms with Gasteiger partial charge in [-0.2, -0.15) is 22.0 Å². The number of ether oxygens (including phenoxy) is 2. The topological polar surface area (TPSA) is 114 Å². The van der Waals surface area contributed by atoms with Crippen molar-refractivity contribution in [2.75, 3.05) is 11.6 Å². The number of amides is 1. The first-order valence-electron chi connectivity index (χ1n) is 9.89. The van der Waals surface area contributed by atoms with Gasteiger partial charge in [0.05, 0.1) is 9.73 Å². The number of benzene rings is 2. The monoisotopic (exact) mass is 570 g/mol. The first-order valence-corrected chi connectivity index (χ1v) is 11.9. The zero-order valence-electron chi connectivity index (χ0n) is 18.9. The van der Waals surface area contributed by atoms with E-state index in [2.05, 4.69) is 20.3 Å². The fourth-order valence-electron chi connectivity index (χ4n) is 3.02. The lowest BCUT2D eigenvalue weighted by Crippen LogP contribution is -2.21. The van der Waals surface area contributed by atoms with Gasteiger partial charge in [-0.05, 0) is 42.8 Å². The number of nitrogens with one attached hydrogen (secondary N) is 2. The summed E-state index contributed by atoms with van der Waals surface area (Å²) in [5.74, 6) is -9.23. The maximum atomic E-state index is 14.4. The number of halogens is 8. The quantitative estimate of drug-likeness (QED) is 0.349. The van der Waals surface area contributed by atoms with Gasteiger partial charge in [-0.25, -0.2) is 8.99 Å². The van der Waals surface area contributed by atoms with Crippen molar-refractivity contribution in [2.45, 2.75) is 24.4 Å². The molecule has 0 bridgehead atoms. The molecule has 1 atom stereocenters. The predicted octanol–water partition coefficient (Wildman–Crippen LogP) is 6.06. The maximum absolute atomic E-state index is 14.4. The fraction of sp³-hybridized carbons (Fsp3) is 0.190. The number of carbonyl (C=O) groups is 1. The summed E-state index contributed by atoms with van der Waals surface area (Å²) in [5.41, 5.74) is -3.49. The molecule has 0 saturated carbocycles. The van der Waals surface area contributed by atoms with Crippen LogP contribution in [0.15, 0.2) is 41.3 Å². The zero-order chi connectivity index (χ0) is 28.6. The third-order valence-corrected chi connectivity index (χ3v) is 5.82. The minimum Gasteiger partial charge on any atom is -0.434 e. The second-order valence-electron chi connectivity index (χ2n) is 7.52. The lowest BCUT2D eigenvalue weighted by atomic mass is 10.1. The van der Waals surface area contributed by atoms with Gasteiger partial charge < -0.3 is 14.8 Å². The first-order chi connectivity index (χ1) is 17.4. The van der Waals surface area contributed by atoms with Crippen molar-refractivity contribution >= 4 is 21.3 Å². The number of alkyl halides is 6. The number of hydrogen-bond acceptors (Lipinski definition) is 7. The Hall–Kier alpha value is -4.02. The molecule has 8 nitrogen and oxygen atoms in total. The Morgan fingerprint density at radius 2 is 1.61 bits per heavy atom. The van der Waals surface area contributed by atoms with E-state index in [-0.39, 0.29) is 10.6 Å². The van der Waals surface area contributed by atoms with Crippen LogP contribution in [0.25, 0.3) is 0 Å². The van der Waals surface area contributed by atoms with E-state index in [4.69, 9.17) is 9.52 Å².